The first kappa shape index (κ1) is 23.6. The molecule has 0 saturated carbocycles. The van der Waals surface area contributed by atoms with Crippen molar-refractivity contribution in [3.8, 4) is 11.1 Å². The van der Waals surface area contributed by atoms with Crippen LogP contribution in [0.5, 0.6) is 0 Å². The summed E-state index contributed by atoms with van der Waals surface area (Å²) in [5.41, 5.74) is 2.30. The fourth-order valence-electron chi connectivity index (χ4n) is 3.47. The summed E-state index contributed by atoms with van der Waals surface area (Å²) in [6.07, 6.45) is -1.68. The lowest BCUT2D eigenvalue weighted by molar-refractivity contribution is -0.0790. The van der Waals surface area contributed by atoms with E-state index in [0.29, 0.717) is 17.2 Å². The summed E-state index contributed by atoms with van der Waals surface area (Å²) in [5, 5.41) is 0. The third-order valence-corrected chi connectivity index (χ3v) is 5.17. The van der Waals surface area contributed by atoms with Gasteiger partial charge in [-0.25, -0.2) is 13.2 Å². The van der Waals surface area contributed by atoms with Gasteiger partial charge in [-0.2, -0.15) is 13.2 Å². The molecule has 0 unspecified atom stereocenters. The molecule has 3 aromatic rings. The standard InChI is InChI=1S/C26H22F6/c1-2-3-17-4-8-19(9-5-17)22-13-12-21(24(28)25(22)29)11-7-18-6-10-20(23(27)16-18)14-15-26(30,31)32/h4-6,8-10,12-16H,2-3,7,11H2,1H3/b15-14+. The van der Waals surface area contributed by atoms with Crippen molar-refractivity contribution < 1.29 is 26.3 Å². The van der Waals surface area contributed by atoms with Crippen LogP contribution in [-0.2, 0) is 19.3 Å². The molecule has 0 saturated heterocycles. The Morgan fingerprint density at radius 2 is 1.44 bits per heavy atom. The number of aryl methyl sites for hydroxylation is 3. The van der Waals surface area contributed by atoms with Crippen LogP contribution in [0, 0.1) is 17.5 Å². The predicted octanol–water partition coefficient (Wildman–Crippen LogP) is 8.08. The SMILES string of the molecule is CCCc1ccc(-c2ccc(CCc3ccc(/C=C/C(F)(F)F)c(F)c3)c(F)c2F)cc1. The summed E-state index contributed by atoms with van der Waals surface area (Å²) in [7, 11) is 0. The van der Waals surface area contributed by atoms with E-state index in [2.05, 4.69) is 6.92 Å². The number of hydrogen-bond donors (Lipinski definition) is 0. The molecule has 0 nitrogen and oxygen atoms in total. The molecule has 32 heavy (non-hydrogen) atoms. The van der Waals surface area contributed by atoms with Crippen LogP contribution in [-0.4, -0.2) is 6.18 Å². The van der Waals surface area contributed by atoms with Gasteiger partial charge in [0.15, 0.2) is 11.6 Å². The second kappa shape index (κ2) is 10.1. The van der Waals surface area contributed by atoms with Gasteiger partial charge < -0.3 is 0 Å². The Morgan fingerprint density at radius 3 is 2.06 bits per heavy atom. The number of alkyl halides is 3. The maximum atomic E-state index is 14.7. The molecule has 3 rings (SSSR count). The van der Waals surface area contributed by atoms with E-state index in [0.717, 1.165) is 24.5 Å². The average Bonchev–Trinajstić information content (AvgIpc) is 2.74. The van der Waals surface area contributed by atoms with Crippen LogP contribution >= 0.6 is 0 Å². The Hall–Kier alpha value is -3.02. The molecule has 0 spiro atoms. The van der Waals surface area contributed by atoms with Crippen LogP contribution in [0.15, 0.2) is 60.7 Å². The molecule has 0 atom stereocenters. The van der Waals surface area contributed by atoms with Crippen molar-refractivity contribution in [3.05, 3.63) is 100 Å². The predicted molar refractivity (Wildman–Crippen MR) is 115 cm³/mol. The van der Waals surface area contributed by atoms with Crippen molar-refractivity contribution in [2.45, 2.75) is 38.8 Å². The van der Waals surface area contributed by atoms with Gasteiger partial charge in [-0.1, -0.05) is 61.9 Å². The second-order valence-electron chi connectivity index (χ2n) is 7.58. The maximum Gasteiger partial charge on any atom is 0.409 e. The molecule has 0 aliphatic rings. The summed E-state index contributed by atoms with van der Waals surface area (Å²) in [6.45, 7) is 2.06. The Morgan fingerprint density at radius 1 is 0.750 bits per heavy atom. The van der Waals surface area contributed by atoms with Gasteiger partial charge in [-0.05, 0) is 53.7 Å². The monoisotopic (exact) mass is 448 g/mol. The summed E-state index contributed by atoms with van der Waals surface area (Å²) in [6, 6.07) is 14.2. The highest BCUT2D eigenvalue weighted by Gasteiger charge is 2.22. The summed E-state index contributed by atoms with van der Waals surface area (Å²) in [4.78, 5) is 0. The number of allylic oxidation sites excluding steroid dienone is 1. The molecule has 168 valence electrons. The lowest BCUT2D eigenvalue weighted by Crippen LogP contribution is -2.01. The Labute approximate surface area is 183 Å². The summed E-state index contributed by atoms with van der Waals surface area (Å²) < 4.78 is 80.1. The van der Waals surface area contributed by atoms with Gasteiger partial charge in [0, 0.05) is 17.2 Å². The molecular weight excluding hydrogens is 426 g/mol. The van der Waals surface area contributed by atoms with Gasteiger partial charge in [-0.15, -0.1) is 0 Å². The number of benzene rings is 3. The third kappa shape index (κ3) is 6.02. The van der Waals surface area contributed by atoms with E-state index in [1.54, 1.807) is 12.1 Å². The van der Waals surface area contributed by atoms with Crippen molar-refractivity contribution in [2.24, 2.45) is 0 Å². The maximum absolute atomic E-state index is 14.7. The van der Waals surface area contributed by atoms with Gasteiger partial charge in [0.25, 0.3) is 0 Å². The molecule has 0 radical (unpaired) electrons. The molecule has 3 aromatic carbocycles. The van der Waals surface area contributed by atoms with Gasteiger partial charge in [0.1, 0.15) is 5.82 Å². The molecule has 0 fully saturated rings. The van der Waals surface area contributed by atoms with Crippen LogP contribution in [0.3, 0.4) is 0 Å². The molecule has 6 heteroatoms. The highest BCUT2D eigenvalue weighted by molar-refractivity contribution is 5.65. The second-order valence-corrected chi connectivity index (χ2v) is 7.58. The molecular formula is C26H22F6. The van der Waals surface area contributed by atoms with E-state index in [9.17, 15) is 26.3 Å². The number of hydrogen-bond acceptors (Lipinski definition) is 0. The van der Waals surface area contributed by atoms with Crippen LogP contribution in [0.1, 0.15) is 35.6 Å². The van der Waals surface area contributed by atoms with Gasteiger partial charge in [0.05, 0.1) is 0 Å². The lowest BCUT2D eigenvalue weighted by atomic mass is 9.97. The molecule has 0 bridgehead atoms. The minimum atomic E-state index is -4.53. The van der Waals surface area contributed by atoms with Crippen molar-refractivity contribution in [3.63, 3.8) is 0 Å². The first-order valence-electron chi connectivity index (χ1n) is 10.3. The Balaban J connectivity index is 1.73. The minimum Gasteiger partial charge on any atom is -0.206 e. The molecule has 0 aliphatic heterocycles. The number of halogens is 6. The molecule has 0 aliphatic carbocycles. The first-order chi connectivity index (χ1) is 15.2. The Bertz CT molecular complexity index is 1090. The van der Waals surface area contributed by atoms with Crippen LogP contribution < -0.4 is 0 Å². The molecule has 0 aromatic heterocycles. The molecule has 0 heterocycles. The van der Waals surface area contributed by atoms with E-state index >= 15 is 0 Å². The average molecular weight is 448 g/mol. The topological polar surface area (TPSA) is 0 Å². The van der Waals surface area contributed by atoms with Gasteiger partial charge in [-0.3, -0.25) is 0 Å². The fourth-order valence-corrected chi connectivity index (χ4v) is 3.47. The minimum absolute atomic E-state index is 0.0395. The van der Waals surface area contributed by atoms with Crippen molar-refractivity contribution >= 4 is 6.08 Å². The first-order valence-corrected chi connectivity index (χ1v) is 10.3. The highest BCUT2D eigenvalue weighted by Crippen LogP contribution is 2.28. The Kier molecular flexibility index (Phi) is 7.44. The van der Waals surface area contributed by atoms with E-state index in [1.165, 1.54) is 24.3 Å². The van der Waals surface area contributed by atoms with Gasteiger partial charge in [0.2, 0.25) is 0 Å². The summed E-state index contributed by atoms with van der Waals surface area (Å²) in [5.74, 6) is -2.70. The van der Waals surface area contributed by atoms with Crippen LogP contribution in [0.2, 0.25) is 0 Å². The molecule has 0 N–H and O–H groups in total. The smallest absolute Gasteiger partial charge is 0.206 e. The van der Waals surface area contributed by atoms with E-state index in [-0.39, 0.29) is 35.6 Å². The largest absolute Gasteiger partial charge is 0.409 e. The van der Waals surface area contributed by atoms with E-state index < -0.39 is 23.6 Å². The molecule has 0 amide bonds. The lowest BCUT2D eigenvalue weighted by Gasteiger charge is -2.10. The number of rotatable bonds is 7. The third-order valence-electron chi connectivity index (χ3n) is 5.17. The zero-order valence-corrected chi connectivity index (χ0v) is 17.4. The fraction of sp³-hybridized carbons (Fsp3) is 0.231. The summed E-state index contributed by atoms with van der Waals surface area (Å²) >= 11 is 0. The zero-order chi connectivity index (χ0) is 23.3. The van der Waals surface area contributed by atoms with Crippen molar-refractivity contribution in [1.29, 1.82) is 0 Å². The van der Waals surface area contributed by atoms with E-state index in [1.807, 2.05) is 12.1 Å². The van der Waals surface area contributed by atoms with E-state index in [4.69, 9.17) is 0 Å². The van der Waals surface area contributed by atoms with Crippen LogP contribution in [0.25, 0.3) is 17.2 Å². The highest BCUT2D eigenvalue weighted by atomic mass is 19.4. The normalized spacial score (nSPS) is 12.0. The zero-order valence-electron chi connectivity index (χ0n) is 17.4. The van der Waals surface area contributed by atoms with Crippen LogP contribution in [0.4, 0.5) is 26.3 Å². The van der Waals surface area contributed by atoms with Crippen molar-refractivity contribution in [1.82, 2.24) is 0 Å². The van der Waals surface area contributed by atoms with Gasteiger partial charge >= 0.3 is 6.18 Å². The van der Waals surface area contributed by atoms with Crippen molar-refractivity contribution in [2.75, 3.05) is 0 Å². The quantitative estimate of drug-likeness (QED) is 0.321.